The zero-order valence-corrected chi connectivity index (χ0v) is 14.6. The summed E-state index contributed by atoms with van der Waals surface area (Å²) in [5, 5.41) is 0. The molecule has 26 heavy (non-hydrogen) atoms. The second-order valence-electron chi connectivity index (χ2n) is 6.34. The van der Waals surface area contributed by atoms with Crippen molar-refractivity contribution in [2.45, 2.75) is 0 Å². The van der Waals surface area contributed by atoms with Crippen LogP contribution < -0.4 is 15.2 Å². The van der Waals surface area contributed by atoms with E-state index in [1.165, 1.54) is 0 Å². The maximum absolute atomic E-state index is 12.8. The number of nitrogens with two attached hydrogens (primary N) is 1. The van der Waals surface area contributed by atoms with Gasteiger partial charge in [-0.1, -0.05) is 24.3 Å². The second-order valence-corrected chi connectivity index (χ2v) is 6.34. The fourth-order valence-corrected chi connectivity index (χ4v) is 3.19. The van der Waals surface area contributed by atoms with Gasteiger partial charge in [0.1, 0.15) is 11.5 Å². The number of nitrogens with zero attached hydrogens (tertiary/aromatic N) is 1. The minimum absolute atomic E-state index is 0.137. The maximum Gasteiger partial charge on any atom is 0.254 e. The number of para-hydroxylation sites is 1. The number of carbonyl (C=O) groups excluding carboxylic acids is 2. The molecule has 3 rings (SSSR count). The molecule has 0 unspecified atom stereocenters. The Morgan fingerprint density at radius 2 is 1.81 bits per heavy atom. The van der Waals surface area contributed by atoms with Crippen LogP contribution in [0.1, 0.15) is 10.4 Å². The molecule has 1 saturated heterocycles. The number of ether oxygens (including phenoxy) is 2. The fraction of sp³-hybridized carbons (Fsp3) is 0.300. The molecule has 2 amide bonds. The predicted molar refractivity (Wildman–Crippen MR) is 97.0 cm³/mol. The van der Waals surface area contributed by atoms with E-state index in [1.54, 1.807) is 36.3 Å². The highest BCUT2D eigenvalue weighted by atomic mass is 16.5. The molecule has 1 fully saturated rings. The lowest BCUT2D eigenvalue weighted by molar-refractivity contribution is -0.122. The Labute approximate surface area is 152 Å². The molecule has 0 aromatic heterocycles. The Kier molecular flexibility index (Phi) is 5.41. The van der Waals surface area contributed by atoms with Crippen molar-refractivity contribution in [3.8, 4) is 11.5 Å². The third-order valence-electron chi connectivity index (χ3n) is 4.62. The van der Waals surface area contributed by atoms with Gasteiger partial charge >= 0.3 is 0 Å². The molecule has 1 aliphatic rings. The van der Waals surface area contributed by atoms with Gasteiger partial charge in [0.2, 0.25) is 5.91 Å². The van der Waals surface area contributed by atoms with Crippen LogP contribution in [0.25, 0.3) is 0 Å². The molecule has 1 aliphatic heterocycles. The van der Waals surface area contributed by atoms with Crippen LogP contribution in [0.15, 0.2) is 54.6 Å². The van der Waals surface area contributed by atoms with Gasteiger partial charge < -0.3 is 20.1 Å². The molecule has 0 radical (unpaired) electrons. The van der Waals surface area contributed by atoms with Crippen LogP contribution in [0.3, 0.4) is 0 Å². The number of hydrogen-bond donors (Lipinski definition) is 1. The van der Waals surface area contributed by atoms with E-state index in [4.69, 9.17) is 15.2 Å². The molecule has 0 saturated carbocycles. The van der Waals surface area contributed by atoms with Crippen molar-refractivity contribution in [3.05, 3.63) is 60.2 Å². The van der Waals surface area contributed by atoms with Gasteiger partial charge in [-0.2, -0.15) is 0 Å². The molecule has 6 heteroatoms. The molecule has 0 spiro atoms. The van der Waals surface area contributed by atoms with Gasteiger partial charge in [0, 0.05) is 24.6 Å². The Morgan fingerprint density at radius 3 is 2.50 bits per heavy atom. The molecule has 2 atom stereocenters. The van der Waals surface area contributed by atoms with Gasteiger partial charge in [-0.3, -0.25) is 9.59 Å². The molecule has 2 aromatic rings. The summed E-state index contributed by atoms with van der Waals surface area (Å²) < 4.78 is 10.9. The van der Waals surface area contributed by atoms with Crippen LogP contribution in [0.4, 0.5) is 0 Å². The average Bonchev–Trinajstić information content (AvgIpc) is 3.11. The molecule has 2 aromatic carbocycles. The highest BCUT2D eigenvalue weighted by molar-refractivity contribution is 5.95. The van der Waals surface area contributed by atoms with E-state index < -0.39 is 11.8 Å². The lowest BCUT2D eigenvalue weighted by Gasteiger charge is -2.17. The van der Waals surface area contributed by atoms with Gasteiger partial charge in [-0.05, 0) is 30.3 Å². The van der Waals surface area contributed by atoms with Crippen molar-refractivity contribution >= 4 is 11.8 Å². The summed E-state index contributed by atoms with van der Waals surface area (Å²) in [5.74, 6) is 0.235. The smallest absolute Gasteiger partial charge is 0.254 e. The van der Waals surface area contributed by atoms with Crippen molar-refractivity contribution in [1.82, 2.24) is 4.90 Å². The number of amides is 2. The first-order chi connectivity index (χ1) is 12.6. The van der Waals surface area contributed by atoms with Crippen molar-refractivity contribution in [3.63, 3.8) is 0 Å². The Morgan fingerprint density at radius 1 is 1.08 bits per heavy atom. The van der Waals surface area contributed by atoms with Crippen LogP contribution in [0.5, 0.6) is 11.5 Å². The largest absolute Gasteiger partial charge is 0.497 e. The van der Waals surface area contributed by atoms with E-state index in [9.17, 15) is 9.59 Å². The number of likely N-dealkylation sites (tertiary alicyclic amines) is 1. The minimum Gasteiger partial charge on any atom is -0.497 e. The summed E-state index contributed by atoms with van der Waals surface area (Å²) in [4.78, 5) is 26.3. The van der Waals surface area contributed by atoms with E-state index in [2.05, 4.69) is 0 Å². The van der Waals surface area contributed by atoms with E-state index in [-0.39, 0.29) is 11.8 Å². The van der Waals surface area contributed by atoms with Gasteiger partial charge in [0.15, 0.2) is 0 Å². The first-order valence-electron chi connectivity index (χ1n) is 8.49. The van der Waals surface area contributed by atoms with Crippen LogP contribution >= 0.6 is 0 Å². The topological polar surface area (TPSA) is 81.9 Å². The Balaban J connectivity index is 1.69. The van der Waals surface area contributed by atoms with Crippen LogP contribution in [-0.2, 0) is 4.79 Å². The highest BCUT2D eigenvalue weighted by Gasteiger charge is 2.39. The number of primary amides is 1. The molecular formula is C20H22N2O4. The number of carbonyl (C=O) groups is 2. The third kappa shape index (κ3) is 3.96. The molecule has 0 aliphatic carbocycles. The predicted octanol–water partition coefficient (Wildman–Crippen LogP) is 1.95. The quantitative estimate of drug-likeness (QED) is 0.860. The zero-order chi connectivity index (χ0) is 18.5. The standard InChI is InChI=1S/C20H22N2O4/c1-25-17-9-5-6-14(10-17)20(24)22-11-15(18(12-22)19(21)23)13-26-16-7-3-2-4-8-16/h2-10,15,18H,11-13H2,1H3,(H2,21,23)/t15-,18+/m0/s1. The van der Waals surface area contributed by atoms with Gasteiger partial charge in [-0.15, -0.1) is 0 Å². The molecular weight excluding hydrogens is 332 g/mol. The first-order valence-corrected chi connectivity index (χ1v) is 8.49. The van der Waals surface area contributed by atoms with Crippen LogP contribution in [0, 0.1) is 11.8 Å². The number of benzene rings is 2. The summed E-state index contributed by atoms with van der Waals surface area (Å²) in [7, 11) is 1.56. The van der Waals surface area contributed by atoms with Crippen LogP contribution in [0.2, 0.25) is 0 Å². The summed E-state index contributed by atoms with van der Waals surface area (Å²) in [6, 6.07) is 16.4. The van der Waals surface area contributed by atoms with Gasteiger partial charge in [0.25, 0.3) is 5.91 Å². The maximum atomic E-state index is 12.8. The van der Waals surface area contributed by atoms with Crippen molar-refractivity contribution in [2.24, 2.45) is 17.6 Å². The lowest BCUT2D eigenvalue weighted by atomic mass is 9.96. The first kappa shape index (κ1) is 17.8. The Hall–Kier alpha value is -3.02. The van der Waals surface area contributed by atoms with Gasteiger partial charge in [-0.25, -0.2) is 0 Å². The monoisotopic (exact) mass is 354 g/mol. The number of hydrogen-bond acceptors (Lipinski definition) is 4. The highest BCUT2D eigenvalue weighted by Crippen LogP contribution is 2.26. The zero-order valence-electron chi connectivity index (χ0n) is 14.6. The van der Waals surface area contributed by atoms with Crippen molar-refractivity contribution < 1.29 is 19.1 Å². The molecule has 136 valence electrons. The molecule has 6 nitrogen and oxygen atoms in total. The number of rotatable bonds is 6. The van der Waals surface area contributed by atoms with Crippen molar-refractivity contribution in [2.75, 3.05) is 26.8 Å². The molecule has 2 N–H and O–H groups in total. The van der Waals surface area contributed by atoms with E-state index in [1.807, 2.05) is 30.3 Å². The third-order valence-corrected chi connectivity index (χ3v) is 4.62. The lowest BCUT2D eigenvalue weighted by Crippen LogP contribution is -2.32. The summed E-state index contributed by atoms with van der Waals surface area (Å²) in [6.45, 7) is 1.06. The SMILES string of the molecule is COc1cccc(C(=O)N2C[C@@H](COc3ccccc3)[C@H](C(N)=O)C2)c1. The molecule has 0 bridgehead atoms. The number of methoxy groups -OCH3 is 1. The summed E-state index contributed by atoms with van der Waals surface area (Å²) >= 11 is 0. The van der Waals surface area contributed by atoms with E-state index in [0.717, 1.165) is 5.75 Å². The average molecular weight is 354 g/mol. The normalized spacial score (nSPS) is 19.2. The van der Waals surface area contributed by atoms with Crippen molar-refractivity contribution in [1.29, 1.82) is 0 Å². The van der Waals surface area contributed by atoms with Crippen LogP contribution in [-0.4, -0.2) is 43.5 Å². The Bertz CT molecular complexity index is 778. The van der Waals surface area contributed by atoms with E-state index >= 15 is 0 Å². The van der Waals surface area contributed by atoms with E-state index in [0.29, 0.717) is 31.0 Å². The summed E-state index contributed by atoms with van der Waals surface area (Å²) in [6.07, 6.45) is 0. The van der Waals surface area contributed by atoms with Gasteiger partial charge in [0.05, 0.1) is 19.6 Å². The second kappa shape index (κ2) is 7.91. The molecule has 1 heterocycles. The minimum atomic E-state index is -0.423. The summed E-state index contributed by atoms with van der Waals surface area (Å²) in [5.41, 5.74) is 6.08. The fourth-order valence-electron chi connectivity index (χ4n) is 3.19.